The highest BCUT2D eigenvalue weighted by Crippen LogP contribution is 2.15. The molecule has 0 saturated carbocycles. The zero-order valence-corrected chi connectivity index (χ0v) is 15.6. The van der Waals surface area contributed by atoms with E-state index in [4.69, 9.17) is 14.2 Å². The maximum Gasteiger partial charge on any atom is 0.323 e. The van der Waals surface area contributed by atoms with Crippen LogP contribution in [-0.4, -0.2) is 55.7 Å². The summed E-state index contributed by atoms with van der Waals surface area (Å²) in [6.07, 6.45) is 0.255. The fourth-order valence-electron chi connectivity index (χ4n) is 2.50. The quantitative estimate of drug-likeness (QED) is 0.438. The van der Waals surface area contributed by atoms with Gasteiger partial charge in [-0.25, -0.2) is 0 Å². The van der Waals surface area contributed by atoms with Gasteiger partial charge in [-0.2, -0.15) is 0 Å². The van der Waals surface area contributed by atoms with Gasteiger partial charge < -0.3 is 14.2 Å². The minimum absolute atomic E-state index is 0.0593. The lowest BCUT2D eigenvalue weighted by atomic mass is 10.1. The van der Waals surface area contributed by atoms with Crippen molar-refractivity contribution < 1.29 is 28.6 Å². The Bertz CT molecular complexity index is 575. The minimum Gasteiger partial charge on any atom is -0.468 e. The first kappa shape index (κ1) is 21.6. The standard InChI is InChI=1S/C19H27NO6/c1-4-25-17(21)12-11-16(19(23)26-5-2)20(14-18(22)24-3)13-15-9-7-6-8-10-15/h6-10,16H,4-5,11-14H2,1-3H3. The molecule has 0 bridgehead atoms. The molecule has 1 atom stereocenters. The zero-order chi connectivity index (χ0) is 19.4. The Morgan fingerprint density at radius 3 is 2.23 bits per heavy atom. The second kappa shape index (κ2) is 12.0. The molecule has 1 aromatic carbocycles. The summed E-state index contributed by atoms with van der Waals surface area (Å²) in [7, 11) is 1.29. The molecule has 1 aromatic rings. The third-order valence-corrected chi connectivity index (χ3v) is 3.72. The highest BCUT2D eigenvalue weighted by atomic mass is 16.5. The van der Waals surface area contributed by atoms with Crippen molar-refractivity contribution in [2.24, 2.45) is 0 Å². The van der Waals surface area contributed by atoms with Gasteiger partial charge in [0.25, 0.3) is 0 Å². The SMILES string of the molecule is CCOC(=O)CCC(C(=O)OCC)N(CC(=O)OC)Cc1ccccc1. The van der Waals surface area contributed by atoms with E-state index in [1.54, 1.807) is 18.7 Å². The minimum atomic E-state index is -0.751. The third kappa shape index (κ3) is 7.65. The van der Waals surface area contributed by atoms with Gasteiger partial charge in [-0.15, -0.1) is 0 Å². The van der Waals surface area contributed by atoms with Crippen LogP contribution in [-0.2, 0) is 35.1 Å². The second-order valence-corrected chi connectivity index (χ2v) is 5.58. The van der Waals surface area contributed by atoms with Crippen LogP contribution >= 0.6 is 0 Å². The average molecular weight is 365 g/mol. The first-order valence-corrected chi connectivity index (χ1v) is 8.68. The molecular weight excluding hydrogens is 338 g/mol. The van der Waals surface area contributed by atoms with Crippen molar-refractivity contribution >= 4 is 17.9 Å². The molecule has 0 radical (unpaired) electrons. The lowest BCUT2D eigenvalue weighted by molar-refractivity contribution is -0.153. The number of esters is 3. The third-order valence-electron chi connectivity index (χ3n) is 3.72. The molecule has 7 nitrogen and oxygen atoms in total. The number of nitrogens with zero attached hydrogens (tertiary/aromatic N) is 1. The molecule has 0 spiro atoms. The molecule has 144 valence electrons. The Morgan fingerprint density at radius 1 is 1.00 bits per heavy atom. The van der Waals surface area contributed by atoms with Crippen molar-refractivity contribution in [3.8, 4) is 0 Å². The average Bonchev–Trinajstić information content (AvgIpc) is 2.63. The van der Waals surface area contributed by atoms with Gasteiger partial charge in [0.1, 0.15) is 6.04 Å². The van der Waals surface area contributed by atoms with E-state index in [1.807, 2.05) is 30.3 Å². The Labute approximate surface area is 154 Å². The molecule has 0 fully saturated rings. The van der Waals surface area contributed by atoms with Gasteiger partial charge in [0, 0.05) is 13.0 Å². The fraction of sp³-hybridized carbons (Fsp3) is 0.526. The van der Waals surface area contributed by atoms with Gasteiger partial charge in [-0.05, 0) is 25.8 Å². The van der Waals surface area contributed by atoms with E-state index in [2.05, 4.69) is 0 Å². The van der Waals surface area contributed by atoms with E-state index < -0.39 is 18.0 Å². The van der Waals surface area contributed by atoms with Crippen LogP contribution in [0.1, 0.15) is 32.3 Å². The largest absolute Gasteiger partial charge is 0.468 e. The normalized spacial score (nSPS) is 11.7. The predicted molar refractivity (Wildman–Crippen MR) is 95.2 cm³/mol. The lowest BCUT2D eigenvalue weighted by Crippen LogP contribution is -2.45. The summed E-state index contributed by atoms with van der Waals surface area (Å²) < 4.78 is 14.8. The monoisotopic (exact) mass is 365 g/mol. The van der Waals surface area contributed by atoms with E-state index in [0.29, 0.717) is 6.54 Å². The molecule has 0 aliphatic heterocycles. The van der Waals surface area contributed by atoms with E-state index in [-0.39, 0.29) is 38.6 Å². The maximum absolute atomic E-state index is 12.4. The summed E-state index contributed by atoms with van der Waals surface area (Å²) in [5.41, 5.74) is 0.932. The summed E-state index contributed by atoms with van der Waals surface area (Å²) in [6, 6.07) is 8.69. The molecule has 1 rings (SSSR count). The number of carbonyl (C=O) groups is 3. The summed E-state index contributed by atoms with van der Waals surface area (Å²) in [5.74, 6) is -1.33. The van der Waals surface area contributed by atoms with E-state index in [9.17, 15) is 14.4 Å². The van der Waals surface area contributed by atoms with Gasteiger partial charge in [0.2, 0.25) is 0 Å². The molecule has 0 N–H and O–H groups in total. The van der Waals surface area contributed by atoms with Crippen molar-refractivity contribution in [3.05, 3.63) is 35.9 Å². The van der Waals surface area contributed by atoms with Gasteiger partial charge >= 0.3 is 17.9 Å². The molecular formula is C19H27NO6. The molecule has 0 amide bonds. The van der Waals surface area contributed by atoms with Crippen molar-refractivity contribution in [1.29, 1.82) is 0 Å². The number of rotatable bonds is 11. The van der Waals surface area contributed by atoms with Crippen LogP contribution in [0.4, 0.5) is 0 Å². The number of ether oxygens (including phenoxy) is 3. The lowest BCUT2D eigenvalue weighted by Gasteiger charge is -2.29. The molecule has 26 heavy (non-hydrogen) atoms. The first-order chi connectivity index (χ1) is 12.5. The Morgan fingerprint density at radius 2 is 1.65 bits per heavy atom. The highest BCUT2D eigenvalue weighted by Gasteiger charge is 2.30. The van der Waals surface area contributed by atoms with Crippen molar-refractivity contribution in [2.75, 3.05) is 26.9 Å². The van der Waals surface area contributed by atoms with Gasteiger partial charge in [0.05, 0.1) is 26.9 Å². The fourth-order valence-corrected chi connectivity index (χ4v) is 2.50. The number of carbonyl (C=O) groups excluding carboxylic acids is 3. The summed E-state index contributed by atoms with van der Waals surface area (Å²) in [5, 5.41) is 0. The Hall–Kier alpha value is -2.41. The van der Waals surface area contributed by atoms with E-state index >= 15 is 0 Å². The molecule has 0 heterocycles. The van der Waals surface area contributed by atoms with E-state index in [0.717, 1.165) is 5.56 Å². The van der Waals surface area contributed by atoms with Gasteiger partial charge in [-0.3, -0.25) is 19.3 Å². The Balaban J connectivity index is 2.98. The number of methoxy groups -OCH3 is 1. The smallest absolute Gasteiger partial charge is 0.323 e. The van der Waals surface area contributed by atoms with Crippen LogP contribution in [0.15, 0.2) is 30.3 Å². The van der Waals surface area contributed by atoms with Gasteiger partial charge in [-0.1, -0.05) is 30.3 Å². The summed E-state index contributed by atoms with van der Waals surface area (Å²) in [4.78, 5) is 37.6. The molecule has 0 aromatic heterocycles. The summed E-state index contributed by atoms with van der Waals surface area (Å²) in [6.45, 7) is 4.19. The molecule has 0 aliphatic rings. The molecule has 0 aliphatic carbocycles. The molecule has 1 unspecified atom stereocenters. The number of benzene rings is 1. The second-order valence-electron chi connectivity index (χ2n) is 5.58. The van der Waals surface area contributed by atoms with Crippen molar-refractivity contribution in [1.82, 2.24) is 4.90 Å². The van der Waals surface area contributed by atoms with E-state index in [1.165, 1.54) is 7.11 Å². The van der Waals surface area contributed by atoms with Gasteiger partial charge in [0.15, 0.2) is 0 Å². The topological polar surface area (TPSA) is 82.1 Å². The van der Waals surface area contributed by atoms with Crippen LogP contribution < -0.4 is 0 Å². The Kier molecular flexibility index (Phi) is 10.0. The highest BCUT2D eigenvalue weighted by molar-refractivity contribution is 5.79. The van der Waals surface area contributed by atoms with Crippen LogP contribution in [0.25, 0.3) is 0 Å². The predicted octanol–water partition coefficient (Wildman–Crippen LogP) is 1.94. The maximum atomic E-state index is 12.4. The molecule has 0 saturated heterocycles. The molecule has 7 heteroatoms. The van der Waals surface area contributed by atoms with Crippen molar-refractivity contribution in [2.45, 2.75) is 39.3 Å². The number of hydrogen-bond donors (Lipinski definition) is 0. The number of hydrogen-bond acceptors (Lipinski definition) is 7. The van der Waals surface area contributed by atoms with Crippen LogP contribution in [0.2, 0.25) is 0 Å². The van der Waals surface area contributed by atoms with Crippen LogP contribution in [0, 0.1) is 0 Å². The summed E-state index contributed by atoms with van der Waals surface area (Å²) >= 11 is 0. The van der Waals surface area contributed by atoms with Crippen LogP contribution in [0.5, 0.6) is 0 Å². The van der Waals surface area contributed by atoms with Crippen LogP contribution in [0.3, 0.4) is 0 Å². The van der Waals surface area contributed by atoms with Crippen molar-refractivity contribution in [3.63, 3.8) is 0 Å². The first-order valence-electron chi connectivity index (χ1n) is 8.68. The zero-order valence-electron chi connectivity index (χ0n) is 15.6.